The van der Waals surface area contributed by atoms with E-state index in [1.165, 1.54) is 11.3 Å². The Hall–Kier alpha value is -3.32. The second-order valence-electron chi connectivity index (χ2n) is 6.67. The first-order valence-electron chi connectivity index (χ1n) is 9.67. The molecule has 2 aromatic carbocycles. The van der Waals surface area contributed by atoms with Gasteiger partial charge in [0.1, 0.15) is 19.0 Å². The van der Waals surface area contributed by atoms with E-state index in [2.05, 4.69) is 10.3 Å². The Bertz CT molecular complexity index is 1040. The third-order valence-corrected chi connectivity index (χ3v) is 5.35. The van der Waals surface area contributed by atoms with Crippen LogP contribution in [0.25, 0.3) is 11.3 Å². The molecule has 30 heavy (non-hydrogen) atoms. The highest BCUT2D eigenvalue weighted by Gasteiger charge is 2.11. The Morgan fingerprint density at radius 2 is 1.97 bits per heavy atom. The molecular formula is C23H22N2O4S. The molecule has 0 bridgehead atoms. The maximum atomic E-state index is 12.2. The van der Waals surface area contributed by atoms with Crippen LogP contribution in [0, 0.1) is 0 Å². The normalized spacial score (nSPS) is 12.7. The zero-order valence-electron chi connectivity index (χ0n) is 16.6. The third kappa shape index (κ3) is 4.99. The SMILES string of the molecule is COc1ccc(-c2csc(NC(=O)C=CCCc3ccc4c(c3)OCCO4)n2)cc1. The van der Waals surface area contributed by atoms with E-state index >= 15 is 0 Å². The monoisotopic (exact) mass is 422 g/mol. The summed E-state index contributed by atoms with van der Waals surface area (Å²) in [7, 11) is 1.63. The number of aryl methyl sites for hydroxylation is 1. The summed E-state index contributed by atoms with van der Waals surface area (Å²) in [6, 6.07) is 13.6. The lowest BCUT2D eigenvalue weighted by atomic mass is 10.1. The Labute approximate surface area is 179 Å². The topological polar surface area (TPSA) is 69.7 Å². The van der Waals surface area contributed by atoms with E-state index in [-0.39, 0.29) is 5.91 Å². The predicted molar refractivity (Wildman–Crippen MR) is 118 cm³/mol. The van der Waals surface area contributed by atoms with Gasteiger partial charge in [-0.25, -0.2) is 4.98 Å². The molecule has 1 aromatic heterocycles. The molecule has 1 aliphatic heterocycles. The van der Waals surface area contributed by atoms with Crippen LogP contribution in [0.15, 0.2) is 60.0 Å². The van der Waals surface area contributed by atoms with Gasteiger partial charge in [-0.05, 0) is 60.9 Å². The molecule has 0 fully saturated rings. The number of allylic oxidation sites excluding steroid dienone is 1. The summed E-state index contributed by atoms with van der Waals surface area (Å²) < 4.78 is 16.3. The van der Waals surface area contributed by atoms with Crippen LogP contribution < -0.4 is 19.5 Å². The van der Waals surface area contributed by atoms with Crippen molar-refractivity contribution in [2.24, 2.45) is 0 Å². The minimum Gasteiger partial charge on any atom is -0.497 e. The van der Waals surface area contributed by atoms with Crippen molar-refractivity contribution in [3.05, 3.63) is 65.6 Å². The number of carbonyl (C=O) groups is 1. The van der Waals surface area contributed by atoms with Gasteiger partial charge in [-0.1, -0.05) is 12.1 Å². The number of methoxy groups -OCH3 is 1. The van der Waals surface area contributed by atoms with Crippen molar-refractivity contribution < 1.29 is 19.0 Å². The first kappa shape index (κ1) is 20.0. The molecular weight excluding hydrogens is 400 g/mol. The van der Waals surface area contributed by atoms with Crippen LogP contribution in [0.5, 0.6) is 17.2 Å². The van der Waals surface area contributed by atoms with Crippen LogP contribution in [0.2, 0.25) is 0 Å². The van der Waals surface area contributed by atoms with Crippen molar-refractivity contribution in [3.63, 3.8) is 0 Å². The molecule has 4 rings (SSSR count). The van der Waals surface area contributed by atoms with Crippen LogP contribution in [0.4, 0.5) is 5.13 Å². The van der Waals surface area contributed by atoms with Crippen LogP contribution in [0.3, 0.4) is 0 Å². The second kappa shape index (κ2) is 9.45. The van der Waals surface area contributed by atoms with Crippen molar-refractivity contribution >= 4 is 22.4 Å². The number of thiazole rings is 1. The van der Waals surface area contributed by atoms with E-state index in [9.17, 15) is 4.79 Å². The fourth-order valence-electron chi connectivity index (χ4n) is 3.06. The van der Waals surface area contributed by atoms with Crippen LogP contribution in [0.1, 0.15) is 12.0 Å². The van der Waals surface area contributed by atoms with Gasteiger partial charge in [0.15, 0.2) is 16.6 Å². The molecule has 154 valence electrons. The summed E-state index contributed by atoms with van der Waals surface area (Å²) >= 11 is 1.40. The summed E-state index contributed by atoms with van der Waals surface area (Å²) in [6.07, 6.45) is 4.98. The average molecular weight is 423 g/mol. The van der Waals surface area contributed by atoms with E-state index in [1.807, 2.05) is 53.9 Å². The Kier molecular flexibility index (Phi) is 6.29. The number of hydrogen-bond acceptors (Lipinski definition) is 6. The standard InChI is InChI=1S/C23H22N2O4S/c1-27-18-9-7-17(8-10-18)19-15-30-23(24-19)25-22(26)5-3-2-4-16-6-11-20-21(14-16)29-13-12-28-20/h3,5-11,14-15H,2,4,12-13H2,1H3,(H,24,25,26). The number of nitrogens with zero attached hydrogens (tertiary/aromatic N) is 1. The number of benzene rings is 2. The molecule has 2 heterocycles. The summed E-state index contributed by atoms with van der Waals surface area (Å²) in [4.78, 5) is 16.6. The number of anilines is 1. The maximum absolute atomic E-state index is 12.2. The largest absolute Gasteiger partial charge is 0.497 e. The van der Waals surface area contributed by atoms with Gasteiger partial charge in [0.25, 0.3) is 0 Å². The second-order valence-corrected chi connectivity index (χ2v) is 7.53. The first-order valence-corrected chi connectivity index (χ1v) is 10.6. The van der Waals surface area contributed by atoms with Gasteiger partial charge in [-0.2, -0.15) is 0 Å². The smallest absolute Gasteiger partial charge is 0.249 e. The molecule has 3 aromatic rings. The highest BCUT2D eigenvalue weighted by atomic mass is 32.1. The van der Waals surface area contributed by atoms with Gasteiger partial charge in [-0.3, -0.25) is 10.1 Å². The number of rotatable bonds is 7. The van der Waals surface area contributed by atoms with Gasteiger partial charge < -0.3 is 14.2 Å². The summed E-state index contributed by atoms with van der Waals surface area (Å²) in [5.74, 6) is 2.19. The number of carbonyl (C=O) groups excluding carboxylic acids is 1. The fourth-order valence-corrected chi connectivity index (χ4v) is 3.78. The van der Waals surface area contributed by atoms with E-state index in [4.69, 9.17) is 14.2 Å². The molecule has 0 spiro atoms. The zero-order valence-corrected chi connectivity index (χ0v) is 17.4. The van der Waals surface area contributed by atoms with Gasteiger partial charge in [0.05, 0.1) is 12.8 Å². The van der Waals surface area contributed by atoms with Crippen molar-refractivity contribution in [1.29, 1.82) is 0 Å². The predicted octanol–water partition coefficient (Wildman–Crippen LogP) is 4.72. The number of amides is 1. The van der Waals surface area contributed by atoms with Crippen LogP contribution in [-0.4, -0.2) is 31.2 Å². The third-order valence-electron chi connectivity index (χ3n) is 4.60. The van der Waals surface area contributed by atoms with Crippen molar-refractivity contribution in [2.75, 3.05) is 25.6 Å². The van der Waals surface area contributed by atoms with Gasteiger partial charge >= 0.3 is 0 Å². The quantitative estimate of drug-likeness (QED) is 0.558. The molecule has 0 saturated carbocycles. The first-order chi connectivity index (χ1) is 14.7. The number of hydrogen-bond donors (Lipinski definition) is 1. The molecule has 1 N–H and O–H groups in total. The average Bonchev–Trinajstić information content (AvgIpc) is 3.25. The van der Waals surface area contributed by atoms with E-state index in [1.54, 1.807) is 13.2 Å². The molecule has 0 saturated heterocycles. The number of fused-ring (bicyclic) bond motifs is 1. The lowest BCUT2D eigenvalue weighted by Crippen LogP contribution is -2.15. The summed E-state index contributed by atoms with van der Waals surface area (Å²) in [5.41, 5.74) is 2.94. The summed E-state index contributed by atoms with van der Waals surface area (Å²) in [5, 5.41) is 5.31. The van der Waals surface area contributed by atoms with E-state index in [0.29, 0.717) is 18.3 Å². The maximum Gasteiger partial charge on any atom is 0.249 e. The Balaban J connectivity index is 1.27. The van der Waals surface area contributed by atoms with Crippen molar-refractivity contribution in [1.82, 2.24) is 4.98 Å². The van der Waals surface area contributed by atoms with E-state index < -0.39 is 0 Å². The van der Waals surface area contributed by atoms with Crippen LogP contribution >= 0.6 is 11.3 Å². The molecule has 7 heteroatoms. The van der Waals surface area contributed by atoms with Gasteiger partial charge in [0.2, 0.25) is 5.91 Å². The molecule has 0 unspecified atom stereocenters. The highest BCUT2D eigenvalue weighted by molar-refractivity contribution is 7.14. The molecule has 1 aliphatic rings. The Morgan fingerprint density at radius 1 is 1.17 bits per heavy atom. The number of ether oxygens (including phenoxy) is 3. The molecule has 1 amide bonds. The van der Waals surface area contributed by atoms with Crippen molar-refractivity contribution in [2.45, 2.75) is 12.8 Å². The molecule has 0 atom stereocenters. The van der Waals surface area contributed by atoms with Crippen molar-refractivity contribution in [3.8, 4) is 28.5 Å². The highest BCUT2D eigenvalue weighted by Crippen LogP contribution is 2.31. The Morgan fingerprint density at radius 3 is 2.77 bits per heavy atom. The fraction of sp³-hybridized carbons (Fsp3) is 0.217. The lowest BCUT2D eigenvalue weighted by molar-refractivity contribution is -0.111. The van der Waals surface area contributed by atoms with Crippen LogP contribution in [-0.2, 0) is 11.2 Å². The lowest BCUT2D eigenvalue weighted by Gasteiger charge is -2.18. The molecule has 6 nitrogen and oxygen atoms in total. The molecule has 0 aliphatic carbocycles. The number of aromatic nitrogens is 1. The van der Waals surface area contributed by atoms with Gasteiger partial charge in [0, 0.05) is 10.9 Å². The van der Waals surface area contributed by atoms with Gasteiger partial charge in [-0.15, -0.1) is 11.3 Å². The molecule has 0 radical (unpaired) electrons. The minimum atomic E-state index is -0.187. The zero-order chi connectivity index (χ0) is 20.8. The minimum absolute atomic E-state index is 0.187. The van der Waals surface area contributed by atoms with E-state index in [0.717, 1.165) is 46.9 Å². The number of nitrogens with one attached hydrogen (secondary N) is 1. The summed E-state index contributed by atoms with van der Waals surface area (Å²) in [6.45, 7) is 1.17.